The minimum atomic E-state index is -0.996. The normalized spacial score (nSPS) is 11.0. The molecule has 3 aromatic carbocycles. The van der Waals surface area contributed by atoms with Gasteiger partial charge in [-0.3, -0.25) is 9.59 Å². The van der Waals surface area contributed by atoms with Gasteiger partial charge in [0.2, 0.25) is 5.91 Å². The summed E-state index contributed by atoms with van der Waals surface area (Å²) >= 11 is 0. The third kappa shape index (κ3) is 4.88. The summed E-state index contributed by atoms with van der Waals surface area (Å²) in [6.07, 6.45) is -0.231. The van der Waals surface area contributed by atoms with Crippen molar-refractivity contribution in [2.75, 3.05) is 0 Å². The highest BCUT2D eigenvalue weighted by Crippen LogP contribution is 2.33. The minimum absolute atomic E-state index is 0.165. The zero-order valence-corrected chi connectivity index (χ0v) is 18.1. The SMILES string of the molecule is Cc1cc2cc(COc3cc(C(N)=O)ccc3CC(=O)O)cc(-c3cccc(CN)c3)c2o1. The predicted molar refractivity (Wildman–Crippen MR) is 125 cm³/mol. The smallest absolute Gasteiger partial charge is 0.307 e. The van der Waals surface area contributed by atoms with E-state index in [1.807, 2.05) is 49.4 Å². The van der Waals surface area contributed by atoms with Gasteiger partial charge >= 0.3 is 5.97 Å². The molecule has 7 nitrogen and oxygen atoms in total. The molecule has 0 saturated heterocycles. The Hall–Kier alpha value is -4.10. The maximum Gasteiger partial charge on any atom is 0.307 e. The second-order valence-electron chi connectivity index (χ2n) is 7.87. The Bertz CT molecular complexity index is 1360. The van der Waals surface area contributed by atoms with E-state index in [1.165, 1.54) is 12.1 Å². The lowest BCUT2D eigenvalue weighted by atomic mass is 9.99. The van der Waals surface area contributed by atoms with Crippen molar-refractivity contribution in [2.24, 2.45) is 11.5 Å². The number of carboxylic acids is 1. The van der Waals surface area contributed by atoms with Crippen molar-refractivity contribution in [3.05, 3.63) is 88.7 Å². The van der Waals surface area contributed by atoms with Crippen LogP contribution in [0.5, 0.6) is 5.75 Å². The number of primary amides is 1. The molecule has 168 valence electrons. The molecule has 0 fully saturated rings. The van der Waals surface area contributed by atoms with Crippen LogP contribution in [0.15, 0.2) is 65.1 Å². The number of amides is 1. The van der Waals surface area contributed by atoms with E-state index < -0.39 is 11.9 Å². The number of aliphatic carboxylic acids is 1. The van der Waals surface area contributed by atoms with Gasteiger partial charge in [-0.25, -0.2) is 0 Å². The first-order valence-electron chi connectivity index (χ1n) is 10.4. The van der Waals surface area contributed by atoms with Crippen LogP contribution in [0.25, 0.3) is 22.1 Å². The number of fused-ring (bicyclic) bond motifs is 1. The van der Waals surface area contributed by atoms with Gasteiger partial charge in [-0.2, -0.15) is 0 Å². The Morgan fingerprint density at radius 3 is 2.58 bits per heavy atom. The summed E-state index contributed by atoms with van der Waals surface area (Å²) in [4.78, 5) is 22.8. The molecule has 7 heteroatoms. The molecule has 1 heterocycles. The first-order valence-corrected chi connectivity index (χ1v) is 10.4. The molecule has 0 aliphatic carbocycles. The van der Waals surface area contributed by atoms with Crippen LogP contribution in [-0.4, -0.2) is 17.0 Å². The topological polar surface area (TPSA) is 129 Å². The number of nitrogens with two attached hydrogens (primary N) is 2. The van der Waals surface area contributed by atoms with E-state index in [-0.39, 0.29) is 18.6 Å². The average molecular weight is 444 g/mol. The fourth-order valence-electron chi connectivity index (χ4n) is 3.82. The van der Waals surface area contributed by atoms with Gasteiger partial charge in [0.1, 0.15) is 23.7 Å². The molecule has 4 rings (SSSR count). The number of carbonyl (C=O) groups is 2. The van der Waals surface area contributed by atoms with Gasteiger partial charge in [-0.1, -0.05) is 24.3 Å². The highest BCUT2D eigenvalue weighted by molar-refractivity contribution is 5.94. The van der Waals surface area contributed by atoms with Crippen molar-refractivity contribution in [2.45, 2.75) is 26.5 Å². The van der Waals surface area contributed by atoms with Crippen molar-refractivity contribution < 1.29 is 23.8 Å². The molecule has 0 bridgehead atoms. The second-order valence-corrected chi connectivity index (χ2v) is 7.87. The first-order chi connectivity index (χ1) is 15.8. The zero-order valence-electron chi connectivity index (χ0n) is 18.1. The van der Waals surface area contributed by atoms with Crippen LogP contribution in [0, 0.1) is 6.92 Å². The van der Waals surface area contributed by atoms with E-state index in [0.29, 0.717) is 17.9 Å². The summed E-state index contributed by atoms with van der Waals surface area (Å²) < 4.78 is 11.9. The summed E-state index contributed by atoms with van der Waals surface area (Å²) in [5.41, 5.74) is 16.4. The molecule has 0 saturated carbocycles. The number of ether oxygens (including phenoxy) is 1. The van der Waals surface area contributed by atoms with Crippen molar-refractivity contribution in [1.82, 2.24) is 0 Å². The van der Waals surface area contributed by atoms with Crippen molar-refractivity contribution >= 4 is 22.8 Å². The molecule has 1 amide bonds. The van der Waals surface area contributed by atoms with Crippen LogP contribution in [-0.2, 0) is 24.4 Å². The van der Waals surface area contributed by atoms with E-state index in [1.54, 1.807) is 6.07 Å². The maximum atomic E-state index is 11.6. The van der Waals surface area contributed by atoms with Crippen LogP contribution in [0.1, 0.15) is 32.8 Å². The highest BCUT2D eigenvalue weighted by Gasteiger charge is 2.15. The summed E-state index contributed by atoms with van der Waals surface area (Å²) in [6.45, 7) is 2.49. The van der Waals surface area contributed by atoms with Crippen LogP contribution in [0.4, 0.5) is 0 Å². The molecule has 33 heavy (non-hydrogen) atoms. The summed E-state index contributed by atoms with van der Waals surface area (Å²) in [7, 11) is 0. The van der Waals surface area contributed by atoms with Crippen molar-refractivity contribution in [1.29, 1.82) is 0 Å². The van der Waals surface area contributed by atoms with Gasteiger partial charge in [-0.15, -0.1) is 0 Å². The lowest BCUT2D eigenvalue weighted by molar-refractivity contribution is -0.136. The standard InChI is InChI=1S/C26H24N2O5/c1-15-7-21-9-17(10-22(25(21)33-15)18-4-2-3-16(8-18)13-27)14-32-23-11-20(26(28)31)6-5-19(23)12-24(29)30/h2-11H,12-14,27H2,1H3,(H2,28,31)(H,29,30). The number of rotatable bonds is 8. The third-order valence-corrected chi connectivity index (χ3v) is 5.36. The van der Waals surface area contributed by atoms with E-state index in [4.69, 9.17) is 20.6 Å². The van der Waals surface area contributed by atoms with Crippen LogP contribution >= 0.6 is 0 Å². The Labute approximate surface area is 190 Å². The van der Waals surface area contributed by atoms with Gasteiger partial charge in [0.15, 0.2) is 0 Å². The Kier molecular flexibility index (Phi) is 6.15. The lowest BCUT2D eigenvalue weighted by Gasteiger charge is -2.13. The molecule has 0 radical (unpaired) electrons. The molecule has 0 aliphatic rings. The number of furan rings is 1. The summed E-state index contributed by atoms with van der Waals surface area (Å²) in [5, 5.41) is 10.1. The zero-order chi connectivity index (χ0) is 23.5. The van der Waals surface area contributed by atoms with E-state index in [0.717, 1.165) is 39.0 Å². The largest absolute Gasteiger partial charge is 0.489 e. The number of carbonyl (C=O) groups excluding carboxylic acids is 1. The number of hydrogen-bond acceptors (Lipinski definition) is 5. The monoisotopic (exact) mass is 444 g/mol. The molecule has 1 aromatic heterocycles. The lowest BCUT2D eigenvalue weighted by Crippen LogP contribution is -2.12. The maximum absolute atomic E-state index is 11.6. The Balaban J connectivity index is 1.72. The summed E-state index contributed by atoms with van der Waals surface area (Å²) in [5.74, 6) is -0.510. The quantitative estimate of drug-likeness (QED) is 0.374. The highest BCUT2D eigenvalue weighted by atomic mass is 16.5. The van der Waals surface area contributed by atoms with Gasteiger partial charge in [0.25, 0.3) is 0 Å². The van der Waals surface area contributed by atoms with Crippen LogP contribution in [0.3, 0.4) is 0 Å². The third-order valence-electron chi connectivity index (χ3n) is 5.36. The van der Waals surface area contributed by atoms with Gasteiger partial charge < -0.3 is 25.7 Å². The molecule has 0 atom stereocenters. The molecule has 0 unspecified atom stereocenters. The van der Waals surface area contributed by atoms with Crippen molar-refractivity contribution in [3.63, 3.8) is 0 Å². The van der Waals surface area contributed by atoms with Crippen LogP contribution < -0.4 is 16.2 Å². The molecule has 5 N–H and O–H groups in total. The Morgan fingerprint density at radius 2 is 1.85 bits per heavy atom. The molecule has 0 aliphatic heterocycles. The number of aryl methyl sites for hydroxylation is 1. The summed E-state index contributed by atoms with van der Waals surface area (Å²) in [6, 6.07) is 18.4. The second kappa shape index (κ2) is 9.18. The molecule has 4 aromatic rings. The minimum Gasteiger partial charge on any atom is -0.489 e. The van der Waals surface area contributed by atoms with Crippen LogP contribution in [0.2, 0.25) is 0 Å². The molecular weight excluding hydrogens is 420 g/mol. The number of hydrogen-bond donors (Lipinski definition) is 3. The predicted octanol–water partition coefficient (Wildman–Crippen LogP) is 4.17. The molecule has 0 spiro atoms. The average Bonchev–Trinajstić information content (AvgIpc) is 3.17. The Morgan fingerprint density at radius 1 is 1.03 bits per heavy atom. The van der Waals surface area contributed by atoms with E-state index in [2.05, 4.69) is 0 Å². The fourth-order valence-corrected chi connectivity index (χ4v) is 3.82. The van der Waals surface area contributed by atoms with Gasteiger partial charge in [0.05, 0.1) is 6.42 Å². The van der Waals surface area contributed by atoms with Crippen molar-refractivity contribution in [3.8, 4) is 16.9 Å². The van der Waals surface area contributed by atoms with E-state index >= 15 is 0 Å². The number of carboxylic acid groups (broad SMARTS) is 1. The van der Waals surface area contributed by atoms with Gasteiger partial charge in [0, 0.05) is 28.6 Å². The number of benzene rings is 3. The van der Waals surface area contributed by atoms with E-state index in [9.17, 15) is 14.7 Å². The fraction of sp³-hybridized carbons (Fsp3) is 0.154. The van der Waals surface area contributed by atoms with Gasteiger partial charge in [-0.05, 0) is 60.0 Å². The first kappa shape index (κ1) is 22.1. The molecular formula is C26H24N2O5.